The monoisotopic (exact) mass is 447 g/mol. The average molecular weight is 448 g/mol. The first-order valence-corrected chi connectivity index (χ1v) is 11.3. The Labute approximate surface area is 190 Å². The van der Waals surface area contributed by atoms with Crippen LogP contribution < -0.4 is 5.32 Å². The third-order valence-electron chi connectivity index (χ3n) is 6.07. The number of nitrogens with one attached hydrogen (secondary N) is 1. The molecule has 1 amide bonds. The topological polar surface area (TPSA) is 90.5 Å². The zero-order valence-corrected chi connectivity index (χ0v) is 19.0. The van der Waals surface area contributed by atoms with E-state index >= 15 is 0 Å². The fourth-order valence-electron chi connectivity index (χ4n) is 4.33. The molecule has 4 heterocycles. The zero-order chi connectivity index (χ0) is 23.1. The van der Waals surface area contributed by atoms with Crippen LogP contribution in [-0.4, -0.2) is 35.4 Å². The molecule has 0 aliphatic carbocycles. The van der Waals surface area contributed by atoms with Crippen molar-refractivity contribution in [1.29, 1.82) is 0 Å². The van der Waals surface area contributed by atoms with Crippen LogP contribution >= 0.6 is 0 Å². The van der Waals surface area contributed by atoms with Crippen LogP contribution in [-0.2, 0) is 13.0 Å². The Kier molecular flexibility index (Phi) is 5.39. The summed E-state index contributed by atoms with van der Waals surface area (Å²) in [5.74, 6) is 0.679. The minimum absolute atomic E-state index is 0.166. The first-order valence-electron chi connectivity index (χ1n) is 11.3. The molecule has 0 radical (unpaired) electrons. The summed E-state index contributed by atoms with van der Waals surface area (Å²) in [6, 6.07) is 6.48. The summed E-state index contributed by atoms with van der Waals surface area (Å²) in [5.41, 5.74) is 2.62. The molecule has 0 unspecified atom stereocenters. The van der Waals surface area contributed by atoms with Crippen LogP contribution in [0.2, 0.25) is 0 Å². The van der Waals surface area contributed by atoms with Crippen LogP contribution in [0.4, 0.5) is 10.1 Å². The molecule has 0 saturated heterocycles. The van der Waals surface area contributed by atoms with Crippen LogP contribution in [0.25, 0.3) is 22.4 Å². The smallest absolute Gasteiger partial charge is 0.257 e. The van der Waals surface area contributed by atoms with E-state index in [0.717, 1.165) is 49.1 Å². The van der Waals surface area contributed by atoms with Crippen molar-refractivity contribution in [2.24, 2.45) is 0 Å². The molecule has 4 aromatic rings. The summed E-state index contributed by atoms with van der Waals surface area (Å²) >= 11 is 0. The quantitative estimate of drug-likeness (QED) is 0.490. The highest BCUT2D eigenvalue weighted by Gasteiger charge is 2.20. The molecule has 0 bridgehead atoms. The van der Waals surface area contributed by atoms with Crippen LogP contribution in [0.1, 0.15) is 61.0 Å². The average Bonchev–Trinajstić information content (AvgIpc) is 3.30. The van der Waals surface area contributed by atoms with Gasteiger partial charge in [0.25, 0.3) is 5.91 Å². The number of amides is 1. The SMILES string of the molecule is Cc1nc2c(cnn2C(C)C)cc1C(=O)Nc1ccc(F)c(-c2nnc3n2CCCCC3)c1. The summed E-state index contributed by atoms with van der Waals surface area (Å²) in [6.45, 7) is 6.63. The van der Waals surface area contributed by atoms with Gasteiger partial charge in [-0.1, -0.05) is 6.42 Å². The van der Waals surface area contributed by atoms with E-state index in [0.29, 0.717) is 28.3 Å². The molecule has 1 aromatic carbocycles. The van der Waals surface area contributed by atoms with Crippen molar-refractivity contribution in [3.05, 3.63) is 53.4 Å². The molecule has 8 nitrogen and oxygen atoms in total. The predicted octanol–water partition coefficient (Wildman–Crippen LogP) is 4.70. The van der Waals surface area contributed by atoms with Crippen molar-refractivity contribution in [2.75, 3.05) is 5.32 Å². The second kappa shape index (κ2) is 8.38. The van der Waals surface area contributed by atoms with E-state index in [4.69, 9.17) is 0 Å². The van der Waals surface area contributed by atoms with Crippen LogP contribution in [0.3, 0.4) is 0 Å². The Morgan fingerprint density at radius 3 is 2.82 bits per heavy atom. The summed E-state index contributed by atoms with van der Waals surface area (Å²) in [6.07, 6.45) is 5.75. The van der Waals surface area contributed by atoms with Gasteiger partial charge in [-0.2, -0.15) is 5.10 Å². The number of anilines is 1. The number of hydrogen-bond acceptors (Lipinski definition) is 5. The lowest BCUT2D eigenvalue weighted by Gasteiger charge is -2.12. The fraction of sp³-hybridized carbons (Fsp3) is 0.375. The Bertz CT molecular complexity index is 1350. The summed E-state index contributed by atoms with van der Waals surface area (Å²) in [5, 5.41) is 16.6. The molecule has 1 aliphatic heterocycles. The lowest BCUT2D eigenvalue weighted by atomic mass is 10.1. The van der Waals surface area contributed by atoms with E-state index in [1.54, 1.807) is 31.3 Å². The zero-order valence-electron chi connectivity index (χ0n) is 19.0. The summed E-state index contributed by atoms with van der Waals surface area (Å²) in [7, 11) is 0. The number of hydrogen-bond donors (Lipinski definition) is 1. The summed E-state index contributed by atoms with van der Waals surface area (Å²) in [4.78, 5) is 17.7. The maximum absolute atomic E-state index is 14.8. The molecule has 170 valence electrons. The number of benzene rings is 1. The number of carbonyl (C=O) groups is 1. The molecule has 0 spiro atoms. The van der Waals surface area contributed by atoms with Gasteiger partial charge in [0.15, 0.2) is 11.5 Å². The van der Waals surface area contributed by atoms with Gasteiger partial charge in [-0.05, 0) is 57.9 Å². The van der Waals surface area contributed by atoms with Crippen LogP contribution in [0, 0.1) is 12.7 Å². The van der Waals surface area contributed by atoms with Gasteiger partial charge >= 0.3 is 0 Å². The van der Waals surface area contributed by atoms with Crippen molar-refractivity contribution in [3.63, 3.8) is 0 Å². The maximum Gasteiger partial charge on any atom is 0.257 e. The molecule has 33 heavy (non-hydrogen) atoms. The van der Waals surface area contributed by atoms with Crippen molar-refractivity contribution in [1.82, 2.24) is 29.5 Å². The van der Waals surface area contributed by atoms with Gasteiger partial charge < -0.3 is 9.88 Å². The number of halogens is 1. The second-order valence-corrected chi connectivity index (χ2v) is 8.77. The van der Waals surface area contributed by atoms with E-state index in [-0.39, 0.29) is 11.9 Å². The first kappa shape index (κ1) is 21.2. The number of pyridine rings is 1. The van der Waals surface area contributed by atoms with Crippen molar-refractivity contribution >= 4 is 22.6 Å². The predicted molar refractivity (Wildman–Crippen MR) is 124 cm³/mol. The number of aromatic nitrogens is 6. The Hall–Kier alpha value is -3.62. The third kappa shape index (κ3) is 3.88. The van der Waals surface area contributed by atoms with E-state index in [9.17, 15) is 9.18 Å². The Balaban J connectivity index is 1.45. The molecule has 0 saturated carbocycles. The molecule has 9 heteroatoms. The van der Waals surface area contributed by atoms with Gasteiger partial charge in [0, 0.05) is 30.1 Å². The molecule has 1 aliphatic rings. The lowest BCUT2D eigenvalue weighted by molar-refractivity contribution is 0.102. The second-order valence-electron chi connectivity index (χ2n) is 8.77. The lowest BCUT2D eigenvalue weighted by Crippen LogP contribution is -2.15. The molecule has 1 N–H and O–H groups in total. The van der Waals surface area contributed by atoms with E-state index in [1.807, 2.05) is 23.1 Å². The van der Waals surface area contributed by atoms with Gasteiger partial charge in [0.2, 0.25) is 0 Å². The van der Waals surface area contributed by atoms with Gasteiger partial charge in [0.05, 0.1) is 23.0 Å². The van der Waals surface area contributed by atoms with Crippen molar-refractivity contribution in [3.8, 4) is 11.4 Å². The van der Waals surface area contributed by atoms with Gasteiger partial charge in [-0.25, -0.2) is 14.1 Å². The number of rotatable bonds is 4. The fourth-order valence-corrected chi connectivity index (χ4v) is 4.33. The molecule has 0 fully saturated rings. The highest BCUT2D eigenvalue weighted by atomic mass is 19.1. The van der Waals surface area contributed by atoms with E-state index in [1.165, 1.54) is 6.07 Å². The summed E-state index contributed by atoms with van der Waals surface area (Å²) < 4.78 is 18.6. The Morgan fingerprint density at radius 1 is 1.15 bits per heavy atom. The van der Waals surface area contributed by atoms with Gasteiger partial charge in [-0.15, -0.1) is 10.2 Å². The molecule has 0 atom stereocenters. The highest BCUT2D eigenvalue weighted by Crippen LogP contribution is 2.28. The number of fused-ring (bicyclic) bond motifs is 2. The third-order valence-corrected chi connectivity index (χ3v) is 6.07. The van der Waals surface area contributed by atoms with Crippen molar-refractivity contribution in [2.45, 2.75) is 59.0 Å². The van der Waals surface area contributed by atoms with Crippen molar-refractivity contribution < 1.29 is 9.18 Å². The van der Waals surface area contributed by atoms with E-state index < -0.39 is 5.82 Å². The van der Waals surface area contributed by atoms with Gasteiger partial charge in [0.1, 0.15) is 11.6 Å². The molecule has 3 aromatic heterocycles. The van der Waals surface area contributed by atoms with Gasteiger partial charge in [-0.3, -0.25) is 4.79 Å². The van der Waals surface area contributed by atoms with E-state index in [2.05, 4.69) is 25.6 Å². The normalized spacial score (nSPS) is 13.8. The number of aryl methyl sites for hydroxylation is 2. The first-order chi connectivity index (χ1) is 15.9. The standard InChI is InChI=1S/C24H26FN7O/c1-14(2)32-22-16(13-26-32)11-18(15(3)27-22)24(33)28-17-8-9-20(25)19(12-17)23-30-29-21-7-5-4-6-10-31(21)23/h8-9,11-14H,4-7,10H2,1-3H3,(H,28,33). The Morgan fingerprint density at radius 2 is 2.00 bits per heavy atom. The minimum atomic E-state index is -0.396. The number of carbonyl (C=O) groups excluding carboxylic acids is 1. The highest BCUT2D eigenvalue weighted by molar-refractivity contribution is 6.06. The molecule has 5 rings (SSSR count). The molecular formula is C24H26FN7O. The van der Waals surface area contributed by atoms with Crippen LogP contribution in [0.15, 0.2) is 30.5 Å². The van der Waals surface area contributed by atoms with Crippen LogP contribution in [0.5, 0.6) is 0 Å². The largest absolute Gasteiger partial charge is 0.322 e. The molecular weight excluding hydrogens is 421 g/mol. The number of nitrogens with zero attached hydrogens (tertiary/aromatic N) is 6. The maximum atomic E-state index is 14.8. The minimum Gasteiger partial charge on any atom is -0.322 e.